The fourth-order valence-electron chi connectivity index (χ4n) is 1.57. The molecule has 1 aliphatic rings. The first-order valence-corrected chi connectivity index (χ1v) is 5.71. The Morgan fingerprint density at radius 1 is 1.36 bits per heavy atom. The van der Waals surface area contributed by atoms with Crippen molar-refractivity contribution in [3.63, 3.8) is 0 Å². The van der Waals surface area contributed by atoms with Gasteiger partial charge in [0.2, 0.25) is 5.91 Å². The van der Waals surface area contributed by atoms with E-state index in [1.807, 2.05) is 0 Å². The van der Waals surface area contributed by atoms with Gasteiger partial charge in [-0.3, -0.25) is 4.79 Å². The van der Waals surface area contributed by atoms with Gasteiger partial charge in [0.25, 0.3) is 0 Å². The minimum absolute atomic E-state index is 0.263. The van der Waals surface area contributed by atoms with Gasteiger partial charge in [-0.15, -0.1) is 0 Å². The molecule has 0 aromatic rings. The maximum Gasteiger partial charge on any atom is 0.223 e. The van der Waals surface area contributed by atoms with E-state index >= 15 is 0 Å². The summed E-state index contributed by atoms with van der Waals surface area (Å²) in [6.07, 6.45) is 5.98. The van der Waals surface area contributed by atoms with Gasteiger partial charge in [0.15, 0.2) is 0 Å². The molecule has 0 atom stereocenters. The fraction of sp³-hybridized carbons (Fsp3) is 0.875. The quantitative estimate of drug-likeness (QED) is 0.463. The SMILES string of the molecule is O=C(NCI)C1CCCCC1. The van der Waals surface area contributed by atoms with Crippen molar-refractivity contribution in [1.82, 2.24) is 5.32 Å². The highest BCUT2D eigenvalue weighted by atomic mass is 127. The molecule has 1 N–H and O–H groups in total. The Balaban J connectivity index is 2.27. The first kappa shape index (κ1) is 9.29. The standard InChI is InChI=1S/C8H14INO/c9-6-10-8(11)7-4-2-1-3-5-7/h7H,1-6H2,(H,10,11). The molecule has 2 nitrogen and oxygen atoms in total. The summed E-state index contributed by atoms with van der Waals surface area (Å²) in [5, 5.41) is 2.86. The molecule has 1 rings (SSSR count). The maximum atomic E-state index is 11.3. The van der Waals surface area contributed by atoms with Gasteiger partial charge < -0.3 is 5.32 Å². The Kier molecular flexibility index (Phi) is 4.18. The highest BCUT2D eigenvalue weighted by Crippen LogP contribution is 2.23. The first-order chi connectivity index (χ1) is 5.34. The Morgan fingerprint density at radius 2 is 2.00 bits per heavy atom. The van der Waals surface area contributed by atoms with E-state index < -0.39 is 0 Å². The Bertz CT molecular complexity index is 132. The predicted octanol–water partition coefficient (Wildman–Crippen LogP) is 2.08. The lowest BCUT2D eigenvalue weighted by Crippen LogP contribution is -2.30. The van der Waals surface area contributed by atoms with Gasteiger partial charge in [-0.05, 0) is 12.8 Å². The van der Waals surface area contributed by atoms with Crippen LogP contribution in [0.1, 0.15) is 32.1 Å². The summed E-state index contributed by atoms with van der Waals surface area (Å²) in [6.45, 7) is 0. The van der Waals surface area contributed by atoms with Crippen molar-refractivity contribution >= 4 is 28.5 Å². The van der Waals surface area contributed by atoms with Gasteiger partial charge >= 0.3 is 0 Å². The van der Waals surface area contributed by atoms with Gasteiger partial charge in [-0.1, -0.05) is 41.9 Å². The number of amides is 1. The second-order valence-electron chi connectivity index (χ2n) is 3.01. The minimum atomic E-state index is 0.263. The Labute approximate surface area is 81.3 Å². The van der Waals surface area contributed by atoms with E-state index in [4.69, 9.17) is 0 Å². The van der Waals surface area contributed by atoms with Crippen LogP contribution in [-0.2, 0) is 4.79 Å². The summed E-state index contributed by atoms with van der Waals surface area (Å²) < 4.78 is 0.743. The molecule has 0 radical (unpaired) electrons. The van der Waals surface area contributed by atoms with Crippen LogP contribution in [0.4, 0.5) is 0 Å². The molecule has 0 bridgehead atoms. The van der Waals surface area contributed by atoms with Crippen LogP contribution in [0.25, 0.3) is 0 Å². The van der Waals surface area contributed by atoms with E-state index in [2.05, 4.69) is 27.9 Å². The molecule has 0 aliphatic heterocycles. The van der Waals surface area contributed by atoms with E-state index in [0.29, 0.717) is 5.92 Å². The summed E-state index contributed by atoms with van der Waals surface area (Å²) >= 11 is 2.17. The van der Waals surface area contributed by atoms with Gasteiger partial charge in [0, 0.05) is 5.92 Å². The second-order valence-corrected chi connectivity index (χ2v) is 3.77. The lowest BCUT2D eigenvalue weighted by molar-refractivity contribution is -0.125. The van der Waals surface area contributed by atoms with E-state index in [-0.39, 0.29) is 5.91 Å². The molecule has 1 amide bonds. The van der Waals surface area contributed by atoms with E-state index in [9.17, 15) is 4.79 Å². The number of rotatable bonds is 2. The topological polar surface area (TPSA) is 29.1 Å². The highest BCUT2D eigenvalue weighted by molar-refractivity contribution is 14.1. The molecule has 0 aromatic carbocycles. The molecule has 64 valence electrons. The number of carbonyl (C=O) groups is 1. The van der Waals surface area contributed by atoms with Crippen LogP contribution in [0.2, 0.25) is 0 Å². The van der Waals surface area contributed by atoms with Crippen LogP contribution in [0.15, 0.2) is 0 Å². The van der Waals surface area contributed by atoms with Crippen LogP contribution in [-0.4, -0.2) is 10.5 Å². The molecule has 0 aromatic heterocycles. The first-order valence-electron chi connectivity index (χ1n) is 4.18. The lowest BCUT2D eigenvalue weighted by Gasteiger charge is -2.19. The number of alkyl halides is 1. The third-order valence-electron chi connectivity index (χ3n) is 2.22. The Morgan fingerprint density at radius 3 is 2.55 bits per heavy atom. The molecule has 0 unspecified atom stereocenters. The average Bonchev–Trinajstić information content (AvgIpc) is 2.07. The average molecular weight is 267 g/mol. The normalized spacial score (nSPS) is 19.7. The maximum absolute atomic E-state index is 11.3. The summed E-state index contributed by atoms with van der Waals surface area (Å²) in [5.74, 6) is 0.581. The van der Waals surface area contributed by atoms with Crippen molar-refractivity contribution in [2.45, 2.75) is 32.1 Å². The second kappa shape index (κ2) is 4.95. The van der Waals surface area contributed by atoms with Crippen molar-refractivity contribution in [3.05, 3.63) is 0 Å². The molecule has 1 fully saturated rings. The molecular formula is C8H14INO. The summed E-state index contributed by atoms with van der Waals surface area (Å²) in [5.41, 5.74) is 0. The third kappa shape index (κ3) is 2.97. The summed E-state index contributed by atoms with van der Waals surface area (Å²) in [6, 6.07) is 0. The zero-order valence-electron chi connectivity index (χ0n) is 6.61. The number of halogens is 1. The van der Waals surface area contributed by atoms with E-state index in [1.54, 1.807) is 0 Å². The summed E-state index contributed by atoms with van der Waals surface area (Å²) in [7, 11) is 0. The number of hydrogen-bond donors (Lipinski definition) is 1. The van der Waals surface area contributed by atoms with E-state index in [0.717, 1.165) is 17.4 Å². The zero-order chi connectivity index (χ0) is 8.10. The number of hydrogen-bond acceptors (Lipinski definition) is 1. The van der Waals surface area contributed by atoms with Crippen LogP contribution in [0, 0.1) is 5.92 Å². The predicted molar refractivity (Wildman–Crippen MR) is 53.6 cm³/mol. The van der Waals surface area contributed by atoms with Crippen LogP contribution in [0.5, 0.6) is 0 Å². The van der Waals surface area contributed by atoms with Gasteiger partial charge in [-0.2, -0.15) is 0 Å². The minimum Gasteiger partial charge on any atom is -0.347 e. The van der Waals surface area contributed by atoms with Crippen LogP contribution in [0.3, 0.4) is 0 Å². The van der Waals surface area contributed by atoms with Crippen LogP contribution < -0.4 is 5.32 Å². The van der Waals surface area contributed by atoms with Crippen molar-refractivity contribution in [2.24, 2.45) is 5.92 Å². The molecule has 0 saturated heterocycles. The summed E-state index contributed by atoms with van der Waals surface area (Å²) in [4.78, 5) is 11.3. The smallest absolute Gasteiger partial charge is 0.223 e. The molecule has 1 aliphatic carbocycles. The van der Waals surface area contributed by atoms with Crippen molar-refractivity contribution < 1.29 is 4.79 Å². The van der Waals surface area contributed by atoms with Crippen LogP contribution >= 0.6 is 22.6 Å². The number of carbonyl (C=O) groups excluding carboxylic acids is 1. The number of nitrogens with one attached hydrogen (secondary N) is 1. The molecule has 0 spiro atoms. The molecular weight excluding hydrogens is 253 g/mol. The fourth-order valence-corrected chi connectivity index (χ4v) is 1.95. The van der Waals surface area contributed by atoms with Gasteiger partial charge in [-0.25, -0.2) is 0 Å². The van der Waals surface area contributed by atoms with Crippen molar-refractivity contribution in [3.8, 4) is 0 Å². The lowest BCUT2D eigenvalue weighted by atomic mass is 9.89. The molecule has 3 heteroatoms. The third-order valence-corrected chi connectivity index (χ3v) is 2.60. The molecule has 11 heavy (non-hydrogen) atoms. The van der Waals surface area contributed by atoms with Crippen molar-refractivity contribution in [1.29, 1.82) is 0 Å². The highest BCUT2D eigenvalue weighted by Gasteiger charge is 2.19. The van der Waals surface area contributed by atoms with Crippen molar-refractivity contribution in [2.75, 3.05) is 4.55 Å². The van der Waals surface area contributed by atoms with Gasteiger partial charge in [0.05, 0.1) is 4.55 Å². The zero-order valence-corrected chi connectivity index (χ0v) is 8.76. The van der Waals surface area contributed by atoms with E-state index in [1.165, 1.54) is 19.3 Å². The monoisotopic (exact) mass is 267 g/mol. The Hall–Kier alpha value is 0.200. The largest absolute Gasteiger partial charge is 0.347 e. The molecule has 1 saturated carbocycles. The molecule has 0 heterocycles. The van der Waals surface area contributed by atoms with Gasteiger partial charge in [0.1, 0.15) is 0 Å².